The molecule has 0 N–H and O–H groups in total. The van der Waals surface area contributed by atoms with E-state index >= 15 is 0 Å². The molecule has 2 heterocycles. The molecule has 0 bridgehead atoms. The van der Waals surface area contributed by atoms with Gasteiger partial charge in [0.15, 0.2) is 7.28 Å². The van der Waals surface area contributed by atoms with Crippen LogP contribution in [0.25, 0.3) is 29.4 Å². The minimum absolute atomic E-state index is 0.782. The van der Waals surface area contributed by atoms with Gasteiger partial charge in [-0.2, -0.15) is 0 Å². The summed E-state index contributed by atoms with van der Waals surface area (Å²) in [5.41, 5.74) is 7.64. The minimum atomic E-state index is 0.782. The second-order valence-electron chi connectivity index (χ2n) is 5.72. The van der Waals surface area contributed by atoms with E-state index in [1.165, 1.54) is 5.47 Å². The molecule has 0 amide bonds. The van der Waals surface area contributed by atoms with Gasteiger partial charge < -0.3 is 4.57 Å². The molecule has 0 radical (unpaired) electrons. The van der Waals surface area contributed by atoms with Gasteiger partial charge in [-0.3, -0.25) is 0 Å². The van der Waals surface area contributed by atoms with Crippen molar-refractivity contribution in [3.05, 3.63) is 116 Å². The van der Waals surface area contributed by atoms with E-state index in [-0.39, 0.29) is 0 Å². The van der Waals surface area contributed by atoms with E-state index in [1.807, 2.05) is 54.7 Å². The number of fused-ring (bicyclic) bond motifs is 1. The molecule has 0 aliphatic carbocycles. The fourth-order valence-corrected chi connectivity index (χ4v) is 3.32. The molecule has 2 heteroatoms. The van der Waals surface area contributed by atoms with Gasteiger partial charge >= 0.3 is 0 Å². The summed E-state index contributed by atoms with van der Waals surface area (Å²) < 4.78 is 2.21. The SMILES string of the molecule is C=C/C=C\c1c(C=C)c2n(c1C=C)C(=C/C=C)/C(=C\C=C)B/C2=C/C=C. The van der Waals surface area contributed by atoms with Crippen LogP contribution in [0.3, 0.4) is 0 Å². The largest absolute Gasteiger partial charge is 0.310 e. The van der Waals surface area contributed by atoms with Crippen LogP contribution >= 0.6 is 0 Å². The Bertz CT molecular complexity index is 910. The fourth-order valence-electron chi connectivity index (χ4n) is 3.32. The maximum atomic E-state index is 4.05. The molecule has 1 nitrogen and oxygen atoms in total. The lowest BCUT2D eigenvalue weighted by atomic mass is 9.57. The molecule has 2 rings (SSSR count). The van der Waals surface area contributed by atoms with Gasteiger partial charge in [0.1, 0.15) is 0 Å². The van der Waals surface area contributed by atoms with Crippen molar-refractivity contribution in [3.8, 4) is 0 Å². The van der Waals surface area contributed by atoms with E-state index in [4.69, 9.17) is 0 Å². The van der Waals surface area contributed by atoms with Gasteiger partial charge in [0.05, 0.1) is 5.69 Å². The first-order valence-electron chi connectivity index (χ1n) is 8.48. The van der Waals surface area contributed by atoms with Crippen molar-refractivity contribution in [2.24, 2.45) is 0 Å². The molecule has 0 unspecified atom stereocenters. The summed E-state index contributed by atoms with van der Waals surface area (Å²) in [5, 5.41) is 0. The first-order chi connectivity index (χ1) is 12.7. The van der Waals surface area contributed by atoms with Crippen molar-refractivity contribution in [2.45, 2.75) is 0 Å². The van der Waals surface area contributed by atoms with Crippen LogP contribution in [-0.4, -0.2) is 11.8 Å². The Morgan fingerprint density at radius 1 is 0.692 bits per heavy atom. The molecule has 0 atom stereocenters. The van der Waals surface area contributed by atoms with E-state index in [0.29, 0.717) is 0 Å². The predicted molar refractivity (Wildman–Crippen MR) is 122 cm³/mol. The lowest BCUT2D eigenvalue weighted by molar-refractivity contribution is 1.07. The molecule has 0 aromatic carbocycles. The molecule has 0 fully saturated rings. The summed E-state index contributed by atoms with van der Waals surface area (Å²) in [6.45, 7) is 23.5. The molecule has 1 aromatic rings. The van der Waals surface area contributed by atoms with Crippen LogP contribution in [-0.2, 0) is 0 Å². The zero-order valence-electron chi connectivity index (χ0n) is 15.2. The summed E-state index contributed by atoms with van der Waals surface area (Å²) >= 11 is 0. The highest BCUT2D eigenvalue weighted by Gasteiger charge is 2.29. The number of aromatic nitrogens is 1. The second kappa shape index (κ2) is 8.73. The van der Waals surface area contributed by atoms with Crippen molar-refractivity contribution >= 4 is 36.7 Å². The van der Waals surface area contributed by atoms with E-state index in [9.17, 15) is 0 Å². The number of hydrogen-bond donors (Lipinski definition) is 0. The van der Waals surface area contributed by atoms with Crippen molar-refractivity contribution < 1.29 is 0 Å². The van der Waals surface area contributed by atoms with Crippen LogP contribution in [0.15, 0.2) is 93.6 Å². The summed E-state index contributed by atoms with van der Waals surface area (Å²) in [4.78, 5) is 0. The van der Waals surface area contributed by atoms with Crippen LogP contribution in [0.1, 0.15) is 22.5 Å². The molecule has 1 aliphatic rings. The normalized spacial score (nSPS) is 17.8. The Balaban J connectivity index is 3.04. The average Bonchev–Trinajstić information content (AvgIpc) is 2.96. The minimum Gasteiger partial charge on any atom is -0.310 e. The van der Waals surface area contributed by atoms with E-state index < -0.39 is 0 Å². The monoisotopic (exact) mass is 337 g/mol. The van der Waals surface area contributed by atoms with Crippen molar-refractivity contribution in [1.82, 2.24) is 4.57 Å². The standard InChI is InChI=1S/C24H24BN/c1-7-13-17-19-18(11-5)24-21(15-9-3)25-20(14-8-2)23(16-10-4)26(24)22(19)12-6/h7-17,25H,1-6H2/b17-13-,20-14+,21-15+,23-16+. The molecule has 0 saturated heterocycles. The predicted octanol–water partition coefficient (Wildman–Crippen LogP) is 6.05. The molecule has 128 valence electrons. The average molecular weight is 337 g/mol. The first kappa shape index (κ1) is 19.1. The molecule has 0 spiro atoms. The molecule has 26 heavy (non-hydrogen) atoms. The van der Waals surface area contributed by atoms with E-state index in [0.717, 1.165) is 41.0 Å². The van der Waals surface area contributed by atoms with Gasteiger partial charge in [0.2, 0.25) is 0 Å². The Morgan fingerprint density at radius 3 is 1.88 bits per heavy atom. The van der Waals surface area contributed by atoms with Crippen LogP contribution < -0.4 is 0 Å². The van der Waals surface area contributed by atoms with Crippen LogP contribution in [0, 0.1) is 0 Å². The third kappa shape index (κ3) is 3.27. The van der Waals surface area contributed by atoms with Gasteiger partial charge in [-0.05, 0) is 12.2 Å². The Morgan fingerprint density at radius 2 is 1.35 bits per heavy atom. The molecule has 0 saturated carbocycles. The molecular weight excluding hydrogens is 313 g/mol. The zero-order valence-corrected chi connectivity index (χ0v) is 15.2. The third-order valence-corrected chi connectivity index (χ3v) is 4.25. The molecule has 1 aliphatic heterocycles. The number of hydrogen-bond acceptors (Lipinski definition) is 0. The van der Waals surface area contributed by atoms with Crippen molar-refractivity contribution in [2.75, 3.05) is 0 Å². The summed E-state index contributed by atoms with van der Waals surface area (Å²) in [6, 6.07) is 0. The maximum Gasteiger partial charge on any atom is 0.197 e. The van der Waals surface area contributed by atoms with Gasteiger partial charge in [0, 0.05) is 22.5 Å². The summed E-state index contributed by atoms with van der Waals surface area (Å²) in [7, 11) is 0.782. The smallest absolute Gasteiger partial charge is 0.197 e. The zero-order chi connectivity index (χ0) is 19.1. The summed E-state index contributed by atoms with van der Waals surface area (Å²) in [6.07, 6.45) is 21.0. The van der Waals surface area contributed by atoms with Gasteiger partial charge in [-0.25, -0.2) is 0 Å². The lowest BCUT2D eigenvalue weighted by Gasteiger charge is -2.26. The lowest BCUT2D eigenvalue weighted by Crippen LogP contribution is -2.19. The number of rotatable bonds is 7. The highest BCUT2D eigenvalue weighted by atomic mass is 15.0. The highest BCUT2D eigenvalue weighted by Crippen LogP contribution is 2.40. The van der Waals surface area contributed by atoms with Crippen LogP contribution in [0.5, 0.6) is 0 Å². The fraction of sp³-hybridized carbons (Fsp3) is 0. The first-order valence-corrected chi connectivity index (χ1v) is 8.48. The van der Waals surface area contributed by atoms with Crippen molar-refractivity contribution in [1.29, 1.82) is 0 Å². The Hall–Kier alpha value is -3.26. The quantitative estimate of drug-likeness (QED) is 0.422. The molecule has 1 aromatic heterocycles. The highest BCUT2D eigenvalue weighted by molar-refractivity contribution is 6.71. The summed E-state index contributed by atoms with van der Waals surface area (Å²) in [5.74, 6) is 0. The van der Waals surface area contributed by atoms with Gasteiger partial charge in [-0.1, -0.05) is 105 Å². The third-order valence-electron chi connectivity index (χ3n) is 4.25. The topological polar surface area (TPSA) is 4.93 Å². The van der Waals surface area contributed by atoms with Gasteiger partial charge in [0.25, 0.3) is 0 Å². The molecular formula is C24H24BN. The maximum absolute atomic E-state index is 4.05. The van der Waals surface area contributed by atoms with Crippen LogP contribution in [0.2, 0.25) is 0 Å². The van der Waals surface area contributed by atoms with Gasteiger partial charge in [-0.15, -0.1) is 0 Å². The Kier molecular flexibility index (Phi) is 6.40. The van der Waals surface area contributed by atoms with Crippen molar-refractivity contribution in [3.63, 3.8) is 0 Å². The van der Waals surface area contributed by atoms with Crippen LogP contribution in [0.4, 0.5) is 0 Å². The van der Waals surface area contributed by atoms with E-state index in [2.05, 4.69) is 44.0 Å². The second-order valence-corrected chi connectivity index (χ2v) is 5.72. The Labute approximate surface area is 157 Å². The van der Waals surface area contributed by atoms with E-state index in [1.54, 1.807) is 12.2 Å². The number of allylic oxidation sites excluding steroid dienone is 10. The number of nitrogens with zero attached hydrogens (tertiary/aromatic N) is 1.